The van der Waals surface area contributed by atoms with E-state index >= 15 is 0 Å². The van der Waals surface area contributed by atoms with Crippen LogP contribution in [0, 0.1) is 5.41 Å². The van der Waals surface area contributed by atoms with Gasteiger partial charge in [-0.15, -0.1) is 0 Å². The van der Waals surface area contributed by atoms with Gasteiger partial charge in [0.2, 0.25) is 0 Å². The van der Waals surface area contributed by atoms with Crippen LogP contribution in [0.2, 0.25) is 0 Å². The van der Waals surface area contributed by atoms with Crippen molar-refractivity contribution in [2.24, 2.45) is 5.41 Å². The van der Waals surface area contributed by atoms with Crippen molar-refractivity contribution >= 4 is 10.2 Å². The van der Waals surface area contributed by atoms with E-state index in [2.05, 4.69) is 4.98 Å². The number of benzene rings is 1. The normalized spacial score (nSPS) is 18.1. The summed E-state index contributed by atoms with van der Waals surface area (Å²) in [5, 5.41) is 10.9. The predicted octanol–water partition coefficient (Wildman–Crippen LogP) is 6.22. The van der Waals surface area contributed by atoms with Crippen molar-refractivity contribution in [2.45, 2.75) is 37.7 Å². The van der Waals surface area contributed by atoms with Gasteiger partial charge in [0.25, 0.3) is 0 Å². The molecule has 0 aliphatic rings. The molecule has 25 heavy (non-hydrogen) atoms. The summed E-state index contributed by atoms with van der Waals surface area (Å²) < 4.78 is 63.9. The van der Waals surface area contributed by atoms with E-state index in [0.717, 1.165) is 12.1 Å². The van der Waals surface area contributed by atoms with E-state index in [9.17, 15) is 24.5 Å². The number of pyridine rings is 1. The average molecular weight is 381 g/mol. The van der Waals surface area contributed by atoms with Crippen molar-refractivity contribution < 1.29 is 24.5 Å². The Balaban J connectivity index is 2.30. The first kappa shape index (κ1) is 19.7. The molecule has 0 spiro atoms. The van der Waals surface area contributed by atoms with Gasteiger partial charge in [0, 0.05) is 23.4 Å². The summed E-state index contributed by atoms with van der Waals surface area (Å²) in [5.74, 6) is 0. The molecule has 1 heterocycles. The van der Waals surface area contributed by atoms with E-state index in [1.54, 1.807) is 39.1 Å². The molecule has 0 fully saturated rings. The highest BCUT2D eigenvalue weighted by atomic mass is 32.5. The Morgan fingerprint density at radius 3 is 1.96 bits per heavy atom. The van der Waals surface area contributed by atoms with Gasteiger partial charge in [-0.2, -0.15) is 0 Å². The zero-order chi connectivity index (χ0) is 19.2. The van der Waals surface area contributed by atoms with Gasteiger partial charge in [0.05, 0.1) is 5.60 Å². The lowest BCUT2D eigenvalue weighted by Crippen LogP contribution is -2.40. The second kappa shape index (κ2) is 5.17. The monoisotopic (exact) mass is 381 g/mol. The molecule has 0 saturated carbocycles. The number of hydrogen-bond acceptors (Lipinski definition) is 2. The predicted molar refractivity (Wildman–Crippen MR) is 89.1 cm³/mol. The van der Waals surface area contributed by atoms with Gasteiger partial charge in [-0.1, -0.05) is 51.5 Å². The molecular weight excluding hydrogens is 361 g/mol. The fourth-order valence-electron chi connectivity index (χ4n) is 2.59. The molecule has 0 bridgehead atoms. The molecule has 1 unspecified atom stereocenters. The molecule has 1 aromatic heterocycles. The molecule has 0 amide bonds. The molecule has 0 saturated heterocycles. The van der Waals surface area contributed by atoms with Crippen LogP contribution in [-0.2, 0) is 12.0 Å². The highest BCUT2D eigenvalue weighted by Gasteiger charge is 2.65. The molecule has 140 valence electrons. The fraction of sp³-hybridized carbons (Fsp3) is 0.353. The molecule has 1 N–H and O–H groups in total. The summed E-state index contributed by atoms with van der Waals surface area (Å²) >= 11 is 0. The second-order valence-electron chi connectivity index (χ2n) is 6.99. The van der Waals surface area contributed by atoms with E-state index in [-0.39, 0.29) is 6.42 Å². The average Bonchev–Trinajstić information content (AvgIpc) is 2.45. The quantitative estimate of drug-likeness (QED) is 0.624. The molecule has 1 atom stereocenters. The van der Waals surface area contributed by atoms with Crippen molar-refractivity contribution in [1.29, 1.82) is 0 Å². The number of rotatable bonds is 5. The van der Waals surface area contributed by atoms with E-state index in [4.69, 9.17) is 0 Å². The number of aromatic nitrogens is 1. The first-order valence-electron chi connectivity index (χ1n) is 7.49. The van der Waals surface area contributed by atoms with Gasteiger partial charge in [-0.3, -0.25) is 4.98 Å². The molecule has 2 rings (SSSR count). The molecule has 8 heteroatoms. The van der Waals surface area contributed by atoms with E-state index in [1.165, 1.54) is 6.20 Å². The SMILES string of the molecule is CC(C)(Cc1ccc(S(F)(F)(F)(F)F)cc1)C(C)(O)c1cccnc1. The number of nitrogens with zero attached hydrogens (tertiary/aromatic N) is 1. The Bertz CT molecular complexity index is 756. The Hall–Kier alpha value is -1.67. The van der Waals surface area contributed by atoms with Crippen molar-refractivity contribution in [2.75, 3.05) is 0 Å². The van der Waals surface area contributed by atoms with Gasteiger partial charge >= 0.3 is 10.2 Å². The van der Waals surface area contributed by atoms with Gasteiger partial charge in [0.15, 0.2) is 0 Å². The Morgan fingerprint density at radius 2 is 1.52 bits per heavy atom. The molecule has 2 nitrogen and oxygen atoms in total. The largest absolute Gasteiger partial charge is 0.385 e. The molecule has 1 aromatic carbocycles. The maximum atomic E-state index is 12.8. The van der Waals surface area contributed by atoms with Crippen molar-refractivity contribution in [1.82, 2.24) is 4.98 Å². The minimum absolute atomic E-state index is 0.190. The minimum atomic E-state index is -9.67. The lowest BCUT2D eigenvalue weighted by Gasteiger charge is -2.41. The van der Waals surface area contributed by atoms with Gasteiger partial charge in [0.1, 0.15) is 4.90 Å². The van der Waals surface area contributed by atoms with Crippen LogP contribution in [0.1, 0.15) is 31.9 Å². The first-order valence-corrected chi connectivity index (χ1v) is 9.44. The number of aliphatic hydroxyl groups is 1. The van der Waals surface area contributed by atoms with Crippen LogP contribution in [0.5, 0.6) is 0 Å². The topological polar surface area (TPSA) is 33.1 Å². The summed E-state index contributed by atoms with van der Waals surface area (Å²) in [6.07, 6.45) is 3.26. The summed E-state index contributed by atoms with van der Waals surface area (Å²) in [4.78, 5) is 2.04. The van der Waals surface area contributed by atoms with Crippen LogP contribution < -0.4 is 0 Å². The third-order valence-electron chi connectivity index (χ3n) is 4.56. The highest BCUT2D eigenvalue weighted by molar-refractivity contribution is 8.45. The highest BCUT2D eigenvalue weighted by Crippen LogP contribution is 3.02. The third kappa shape index (κ3) is 4.30. The summed E-state index contributed by atoms with van der Waals surface area (Å²) in [6.45, 7) is 5.09. The first-order chi connectivity index (χ1) is 11.0. The molecule has 0 aliphatic carbocycles. The van der Waals surface area contributed by atoms with Crippen LogP contribution in [0.15, 0.2) is 53.7 Å². The summed E-state index contributed by atoms with van der Waals surface area (Å²) in [5.41, 5.74) is -1.13. The van der Waals surface area contributed by atoms with Gasteiger partial charge in [-0.25, -0.2) is 0 Å². The maximum Gasteiger partial charge on any atom is 0.310 e. The maximum absolute atomic E-state index is 12.8. The van der Waals surface area contributed by atoms with Crippen molar-refractivity contribution in [3.05, 3.63) is 59.9 Å². The Morgan fingerprint density at radius 1 is 0.960 bits per heavy atom. The van der Waals surface area contributed by atoms with Crippen LogP contribution in [0.3, 0.4) is 0 Å². The van der Waals surface area contributed by atoms with E-state index < -0.39 is 26.1 Å². The van der Waals surface area contributed by atoms with Crippen LogP contribution in [0.25, 0.3) is 0 Å². The van der Waals surface area contributed by atoms with Crippen molar-refractivity contribution in [3.8, 4) is 0 Å². The standard InChI is InChI=1S/C17H20F5NOS/c1-16(2,17(3,24)14-5-4-10-23-12-14)11-13-6-8-15(9-7-13)25(18,19,20,21)22/h4-10,12,24H,11H2,1-3H3. The summed E-state index contributed by atoms with van der Waals surface area (Å²) in [6, 6.07) is 6.20. The van der Waals surface area contributed by atoms with Gasteiger partial charge in [-0.05, 0) is 37.1 Å². The Labute approximate surface area is 143 Å². The lowest BCUT2D eigenvalue weighted by molar-refractivity contribution is -0.0574. The van der Waals surface area contributed by atoms with E-state index in [0.29, 0.717) is 23.3 Å². The number of halogens is 5. The van der Waals surface area contributed by atoms with Crippen LogP contribution in [-0.4, -0.2) is 10.1 Å². The smallest absolute Gasteiger partial charge is 0.310 e. The molecule has 0 aliphatic heterocycles. The van der Waals surface area contributed by atoms with Crippen molar-refractivity contribution in [3.63, 3.8) is 0 Å². The van der Waals surface area contributed by atoms with Crippen LogP contribution >= 0.6 is 10.2 Å². The molecule has 0 radical (unpaired) electrons. The second-order valence-corrected chi connectivity index (χ2v) is 9.40. The van der Waals surface area contributed by atoms with Crippen LogP contribution in [0.4, 0.5) is 19.4 Å². The fourth-order valence-corrected chi connectivity index (χ4v) is 3.24. The minimum Gasteiger partial charge on any atom is -0.385 e. The zero-order valence-electron chi connectivity index (χ0n) is 14.0. The third-order valence-corrected chi connectivity index (χ3v) is 5.72. The van der Waals surface area contributed by atoms with E-state index in [1.807, 2.05) is 0 Å². The molecular formula is C17H20F5NOS. The molecule has 2 aromatic rings. The van der Waals surface area contributed by atoms with Gasteiger partial charge < -0.3 is 5.11 Å². The lowest BCUT2D eigenvalue weighted by atomic mass is 9.69. The number of hydrogen-bond donors (Lipinski definition) is 1. The Kier molecular flexibility index (Phi) is 4.06. The summed E-state index contributed by atoms with van der Waals surface area (Å²) in [7, 11) is -9.67. The zero-order valence-corrected chi connectivity index (χ0v) is 14.8.